The summed E-state index contributed by atoms with van der Waals surface area (Å²) in [6.07, 6.45) is 1.56. The molecule has 0 saturated carbocycles. The van der Waals surface area contributed by atoms with Gasteiger partial charge in [-0.15, -0.1) is 11.3 Å². The van der Waals surface area contributed by atoms with Crippen LogP contribution in [-0.4, -0.2) is 33.6 Å². The Balaban J connectivity index is 2.08. The quantitative estimate of drug-likeness (QED) is 0.689. The second-order valence-corrected chi connectivity index (χ2v) is 5.86. The summed E-state index contributed by atoms with van der Waals surface area (Å²) >= 11 is 1.35. The number of nitrogens with zero attached hydrogens (tertiary/aromatic N) is 3. The molecule has 0 bridgehead atoms. The topological polar surface area (TPSA) is 96.6 Å². The molecule has 1 N–H and O–H groups in total. The third-order valence-corrected chi connectivity index (χ3v) is 4.53. The summed E-state index contributed by atoms with van der Waals surface area (Å²) in [6, 6.07) is 3.32. The molecule has 0 amide bonds. The minimum Gasteiger partial charge on any atom is -0.481 e. The minimum atomic E-state index is -0.885. The zero-order chi connectivity index (χ0) is 15.0. The van der Waals surface area contributed by atoms with Crippen LogP contribution in [-0.2, 0) is 4.79 Å². The van der Waals surface area contributed by atoms with E-state index in [9.17, 15) is 14.9 Å². The van der Waals surface area contributed by atoms with E-state index in [1.807, 2.05) is 11.0 Å². The molecule has 7 nitrogen and oxygen atoms in total. The SMILES string of the molecule is O=C(O)CC1CCCN1c1ccc2scnc2c1[N+](=O)[O-]. The molecule has 1 aliphatic heterocycles. The fraction of sp³-hybridized carbons (Fsp3) is 0.385. The van der Waals surface area contributed by atoms with Gasteiger partial charge in [0, 0.05) is 12.6 Å². The van der Waals surface area contributed by atoms with Crippen LogP contribution in [0.3, 0.4) is 0 Å². The maximum absolute atomic E-state index is 11.4. The molecule has 0 radical (unpaired) electrons. The van der Waals surface area contributed by atoms with Crippen molar-refractivity contribution in [2.24, 2.45) is 0 Å². The van der Waals surface area contributed by atoms with Crippen LogP contribution in [0, 0.1) is 10.1 Å². The average molecular weight is 307 g/mol. The molecule has 1 fully saturated rings. The van der Waals surface area contributed by atoms with Crippen molar-refractivity contribution < 1.29 is 14.8 Å². The van der Waals surface area contributed by atoms with E-state index in [0.29, 0.717) is 17.7 Å². The Morgan fingerprint density at radius 2 is 2.38 bits per heavy atom. The monoisotopic (exact) mass is 307 g/mol. The van der Waals surface area contributed by atoms with Gasteiger partial charge in [-0.05, 0) is 25.0 Å². The smallest absolute Gasteiger partial charge is 0.319 e. The second kappa shape index (κ2) is 5.28. The van der Waals surface area contributed by atoms with Crippen LogP contribution in [0.25, 0.3) is 10.2 Å². The lowest BCUT2D eigenvalue weighted by molar-refractivity contribution is -0.382. The number of nitro groups is 1. The van der Waals surface area contributed by atoms with Crippen molar-refractivity contribution in [2.45, 2.75) is 25.3 Å². The van der Waals surface area contributed by atoms with Gasteiger partial charge in [-0.3, -0.25) is 14.9 Å². The molecule has 110 valence electrons. The van der Waals surface area contributed by atoms with Crippen LogP contribution in [0.1, 0.15) is 19.3 Å². The largest absolute Gasteiger partial charge is 0.481 e. The van der Waals surface area contributed by atoms with E-state index < -0.39 is 10.9 Å². The predicted molar refractivity (Wildman–Crippen MR) is 78.9 cm³/mol. The number of aromatic nitrogens is 1. The zero-order valence-electron chi connectivity index (χ0n) is 11.1. The summed E-state index contributed by atoms with van der Waals surface area (Å²) in [5.41, 5.74) is 2.41. The molecule has 1 aromatic heterocycles. The lowest BCUT2D eigenvalue weighted by Crippen LogP contribution is -2.31. The lowest BCUT2D eigenvalue weighted by atomic mass is 10.1. The van der Waals surface area contributed by atoms with Crippen LogP contribution in [0.2, 0.25) is 0 Å². The maximum Gasteiger partial charge on any atom is 0.319 e. The van der Waals surface area contributed by atoms with Crippen molar-refractivity contribution in [3.05, 3.63) is 27.8 Å². The predicted octanol–water partition coefficient (Wildman–Crippen LogP) is 2.65. The van der Waals surface area contributed by atoms with E-state index in [4.69, 9.17) is 5.11 Å². The van der Waals surface area contributed by atoms with Gasteiger partial charge in [0.2, 0.25) is 0 Å². The first kappa shape index (κ1) is 13.7. The lowest BCUT2D eigenvalue weighted by Gasteiger charge is -2.25. The normalized spacial score (nSPS) is 18.3. The first-order valence-electron chi connectivity index (χ1n) is 6.57. The number of carbonyl (C=O) groups is 1. The molecular weight excluding hydrogens is 294 g/mol. The number of aliphatic carboxylic acids is 1. The van der Waals surface area contributed by atoms with E-state index in [1.165, 1.54) is 11.3 Å². The minimum absolute atomic E-state index is 0.00768. The molecule has 1 atom stereocenters. The van der Waals surface area contributed by atoms with Crippen molar-refractivity contribution >= 4 is 38.9 Å². The van der Waals surface area contributed by atoms with Crippen molar-refractivity contribution in [1.82, 2.24) is 4.98 Å². The molecule has 8 heteroatoms. The number of hydrogen-bond acceptors (Lipinski definition) is 6. The molecule has 1 aliphatic rings. The van der Waals surface area contributed by atoms with Crippen LogP contribution >= 0.6 is 11.3 Å². The highest BCUT2D eigenvalue weighted by molar-refractivity contribution is 7.16. The van der Waals surface area contributed by atoms with Crippen molar-refractivity contribution in [3.63, 3.8) is 0 Å². The second-order valence-electron chi connectivity index (χ2n) is 4.98. The molecule has 0 aliphatic carbocycles. The van der Waals surface area contributed by atoms with Gasteiger partial charge in [0.05, 0.1) is 21.6 Å². The van der Waals surface area contributed by atoms with Crippen molar-refractivity contribution in [2.75, 3.05) is 11.4 Å². The summed E-state index contributed by atoms with van der Waals surface area (Å²) in [5.74, 6) is -0.885. The number of carboxylic acids is 1. The third-order valence-electron chi connectivity index (χ3n) is 3.73. The van der Waals surface area contributed by atoms with E-state index in [1.54, 1.807) is 11.6 Å². The number of rotatable bonds is 4. The zero-order valence-corrected chi connectivity index (χ0v) is 11.9. The van der Waals surface area contributed by atoms with E-state index in [0.717, 1.165) is 17.5 Å². The molecule has 1 unspecified atom stereocenters. The van der Waals surface area contributed by atoms with Crippen LogP contribution < -0.4 is 4.90 Å². The molecule has 2 aromatic rings. The van der Waals surface area contributed by atoms with Crippen molar-refractivity contribution in [3.8, 4) is 0 Å². The summed E-state index contributed by atoms with van der Waals surface area (Å²) in [5, 5.41) is 20.4. The van der Waals surface area contributed by atoms with Crippen LogP contribution in [0.5, 0.6) is 0 Å². The summed E-state index contributed by atoms with van der Waals surface area (Å²) in [4.78, 5) is 27.9. The van der Waals surface area contributed by atoms with E-state index >= 15 is 0 Å². The fourth-order valence-corrected chi connectivity index (χ4v) is 3.56. The Labute approximate surface area is 124 Å². The van der Waals surface area contributed by atoms with Gasteiger partial charge < -0.3 is 10.0 Å². The Hall–Kier alpha value is -2.22. The number of hydrogen-bond donors (Lipinski definition) is 1. The molecule has 1 aromatic carbocycles. The first-order valence-corrected chi connectivity index (χ1v) is 7.45. The Kier molecular flexibility index (Phi) is 3.46. The van der Waals surface area contributed by atoms with Gasteiger partial charge in [0.25, 0.3) is 0 Å². The third kappa shape index (κ3) is 2.42. The fourth-order valence-electron chi connectivity index (χ4n) is 2.88. The van der Waals surface area contributed by atoms with Gasteiger partial charge in [-0.2, -0.15) is 0 Å². The maximum atomic E-state index is 11.4. The molecule has 0 spiro atoms. The Morgan fingerprint density at radius 3 is 3.10 bits per heavy atom. The molecule has 3 rings (SSSR count). The first-order chi connectivity index (χ1) is 10.1. The van der Waals surface area contributed by atoms with Gasteiger partial charge in [-0.1, -0.05) is 0 Å². The van der Waals surface area contributed by atoms with Crippen LogP contribution in [0.4, 0.5) is 11.4 Å². The van der Waals surface area contributed by atoms with Gasteiger partial charge in [0.1, 0.15) is 5.69 Å². The van der Waals surface area contributed by atoms with Gasteiger partial charge >= 0.3 is 11.7 Å². The van der Waals surface area contributed by atoms with Gasteiger partial charge in [-0.25, -0.2) is 4.98 Å². The number of carboxylic acid groups (broad SMARTS) is 1. The van der Waals surface area contributed by atoms with Crippen molar-refractivity contribution in [1.29, 1.82) is 0 Å². The number of fused-ring (bicyclic) bond motifs is 1. The number of anilines is 1. The van der Waals surface area contributed by atoms with E-state index in [-0.39, 0.29) is 18.2 Å². The van der Waals surface area contributed by atoms with Crippen LogP contribution in [0.15, 0.2) is 17.6 Å². The molecule has 21 heavy (non-hydrogen) atoms. The Bertz CT molecular complexity index is 715. The highest BCUT2D eigenvalue weighted by atomic mass is 32.1. The average Bonchev–Trinajstić information content (AvgIpc) is 3.04. The molecule has 2 heterocycles. The highest BCUT2D eigenvalue weighted by Crippen LogP contribution is 2.39. The molecule has 1 saturated heterocycles. The Morgan fingerprint density at radius 1 is 1.57 bits per heavy atom. The molecular formula is C13H13N3O4S. The van der Waals surface area contributed by atoms with Gasteiger partial charge in [0.15, 0.2) is 5.52 Å². The highest BCUT2D eigenvalue weighted by Gasteiger charge is 2.32. The standard InChI is InChI=1S/C13H13N3O4S/c17-11(18)6-8-2-1-5-15(8)9-3-4-10-12(14-7-21-10)13(9)16(19)20/h3-4,7-8H,1-2,5-6H2,(H,17,18). The summed E-state index contributed by atoms with van der Waals surface area (Å²) in [6.45, 7) is 0.633. The number of benzene rings is 1. The number of nitro benzene ring substituents is 1. The summed E-state index contributed by atoms with van der Waals surface area (Å²) < 4.78 is 0.763. The van der Waals surface area contributed by atoms with E-state index in [2.05, 4.69) is 4.98 Å². The summed E-state index contributed by atoms with van der Waals surface area (Å²) in [7, 11) is 0. The number of thiazole rings is 1.